The molecule has 94 valence electrons. The number of furan rings is 1. The van der Waals surface area contributed by atoms with Crippen molar-refractivity contribution >= 4 is 5.91 Å². The molecular weight excluding hydrogens is 228 g/mol. The minimum atomic E-state index is -0.197. The van der Waals surface area contributed by atoms with Gasteiger partial charge in [-0.25, -0.2) is 0 Å². The van der Waals surface area contributed by atoms with E-state index in [1.807, 2.05) is 32.9 Å². The summed E-state index contributed by atoms with van der Waals surface area (Å²) >= 11 is 0. The van der Waals surface area contributed by atoms with E-state index in [0.717, 1.165) is 5.56 Å². The van der Waals surface area contributed by atoms with Crippen LogP contribution in [0.1, 0.15) is 30.0 Å². The highest BCUT2D eigenvalue weighted by Crippen LogP contribution is 2.09. The summed E-state index contributed by atoms with van der Waals surface area (Å²) in [5, 5.41) is 0. The predicted octanol–water partition coefficient (Wildman–Crippen LogP) is 2.39. The first kappa shape index (κ1) is 12.4. The van der Waals surface area contributed by atoms with Crippen LogP contribution in [0.2, 0.25) is 0 Å². The van der Waals surface area contributed by atoms with Gasteiger partial charge in [-0.05, 0) is 39.0 Å². The summed E-state index contributed by atoms with van der Waals surface area (Å²) in [5.41, 5.74) is 1.46. The van der Waals surface area contributed by atoms with E-state index >= 15 is 0 Å². The summed E-state index contributed by atoms with van der Waals surface area (Å²) in [6.45, 7) is 5.79. The number of pyridine rings is 1. The summed E-state index contributed by atoms with van der Waals surface area (Å²) in [4.78, 5) is 16.8. The third-order valence-corrected chi connectivity index (χ3v) is 2.50. The zero-order valence-corrected chi connectivity index (χ0v) is 10.8. The number of aryl methyl sites for hydroxylation is 1. The first-order chi connectivity index (χ1) is 8.59. The topological polar surface area (TPSA) is 47.5 Å². The van der Waals surface area contributed by atoms with Gasteiger partial charge in [0.05, 0.1) is 6.26 Å². The zero-order valence-electron chi connectivity index (χ0n) is 10.8. The van der Waals surface area contributed by atoms with Gasteiger partial charge in [0.1, 0.15) is 5.49 Å². The lowest BCUT2D eigenvalue weighted by molar-refractivity contribution is 0.0926. The van der Waals surface area contributed by atoms with Crippen LogP contribution < -0.4 is 5.49 Å². The van der Waals surface area contributed by atoms with E-state index in [1.54, 1.807) is 18.3 Å². The van der Waals surface area contributed by atoms with Crippen LogP contribution in [0, 0.1) is 6.92 Å². The molecule has 2 aromatic heterocycles. The lowest BCUT2D eigenvalue weighted by atomic mass is 10.2. The molecule has 2 heterocycles. The quantitative estimate of drug-likeness (QED) is 0.814. The van der Waals surface area contributed by atoms with Gasteiger partial charge in [-0.1, -0.05) is 6.07 Å². The summed E-state index contributed by atoms with van der Waals surface area (Å²) < 4.78 is 6.73. The molecule has 4 heteroatoms. The Morgan fingerprint density at radius 3 is 2.72 bits per heavy atom. The van der Waals surface area contributed by atoms with E-state index in [4.69, 9.17) is 4.42 Å². The Morgan fingerprint density at radius 1 is 1.33 bits per heavy atom. The molecule has 18 heavy (non-hydrogen) atoms. The van der Waals surface area contributed by atoms with Gasteiger partial charge in [-0.2, -0.15) is 0 Å². The smallest absolute Gasteiger partial charge is 0.299 e. The van der Waals surface area contributed by atoms with Crippen LogP contribution in [0.4, 0.5) is 0 Å². The molecule has 0 aromatic carbocycles. The molecule has 0 aliphatic heterocycles. The van der Waals surface area contributed by atoms with Crippen LogP contribution in [0.5, 0.6) is 0 Å². The number of aromatic nitrogens is 1. The highest BCUT2D eigenvalue weighted by Gasteiger charge is 2.14. The first-order valence-electron chi connectivity index (χ1n) is 5.90. The van der Waals surface area contributed by atoms with Gasteiger partial charge in [0.2, 0.25) is 0 Å². The Balaban J connectivity index is 2.53. The fourth-order valence-electron chi connectivity index (χ4n) is 1.68. The van der Waals surface area contributed by atoms with Crippen LogP contribution in [-0.2, 0) is 0 Å². The van der Waals surface area contributed by atoms with Crippen LogP contribution >= 0.6 is 0 Å². The van der Waals surface area contributed by atoms with Crippen molar-refractivity contribution in [2.75, 3.05) is 0 Å². The minimum Gasteiger partial charge on any atom is -0.459 e. The van der Waals surface area contributed by atoms with E-state index in [9.17, 15) is 4.79 Å². The highest BCUT2D eigenvalue weighted by atomic mass is 16.3. The molecule has 4 nitrogen and oxygen atoms in total. The van der Waals surface area contributed by atoms with E-state index < -0.39 is 0 Å². The predicted molar refractivity (Wildman–Crippen MR) is 68.3 cm³/mol. The molecule has 0 aliphatic rings. The maximum Gasteiger partial charge on any atom is 0.299 e. The third-order valence-electron chi connectivity index (χ3n) is 2.50. The van der Waals surface area contributed by atoms with Gasteiger partial charge < -0.3 is 4.42 Å². The second-order valence-electron chi connectivity index (χ2n) is 4.39. The van der Waals surface area contributed by atoms with Crippen molar-refractivity contribution < 1.29 is 9.21 Å². The van der Waals surface area contributed by atoms with Crippen molar-refractivity contribution in [1.29, 1.82) is 0 Å². The Bertz CT molecular complexity index is 620. The van der Waals surface area contributed by atoms with Crippen LogP contribution in [0.15, 0.2) is 46.1 Å². The molecule has 0 saturated heterocycles. The first-order valence-corrected chi connectivity index (χ1v) is 5.90. The molecule has 0 N–H and O–H groups in total. The molecule has 0 saturated carbocycles. The van der Waals surface area contributed by atoms with Crippen molar-refractivity contribution in [3.63, 3.8) is 0 Å². The number of nitrogens with zero attached hydrogens (tertiary/aromatic N) is 2. The van der Waals surface area contributed by atoms with Crippen molar-refractivity contribution in [2.45, 2.75) is 26.8 Å². The Labute approximate surface area is 106 Å². The largest absolute Gasteiger partial charge is 0.459 e. The molecule has 0 aliphatic carbocycles. The van der Waals surface area contributed by atoms with E-state index in [2.05, 4.69) is 4.99 Å². The van der Waals surface area contributed by atoms with E-state index in [-0.39, 0.29) is 11.9 Å². The summed E-state index contributed by atoms with van der Waals surface area (Å²) in [6.07, 6.45) is 3.22. The molecule has 0 radical (unpaired) electrons. The molecular formula is C14H16N2O2. The molecule has 0 unspecified atom stereocenters. The van der Waals surface area contributed by atoms with Crippen LogP contribution in [0.3, 0.4) is 0 Å². The van der Waals surface area contributed by atoms with Gasteiger partial charge >= 0.3 is 0 Å². The Kier molecular flexibility index (Phi) is 3.46. The standard InChI is InChI=1S/C14H16N2O2/c1-10(2)15-12-6-4-5-8-16(12)14(17)13-11(3)7-9-18-13/h4-10H,1-3H3. The van der Waals surface area contributed by atoms with Crippen molar-refractivity contribution in [1.82, 2.24) is 4.57 Å². The van der Waals surface area contributed by atoms with Crippen molar-refractivity contribution in [3.8, 4) is 0 Å². The molecule has 2 rings (SSSR count). The van der Waals surface area contributed by atoms with Crippen molar-refractivity contribution in [3.05, 3.63) is 53.5 Å². The van der Waals surface area contributed by atoms with Gasteiger partial charge in [0, 0.05) is 17.8 Å². The van der Waals surface area contributed by atoms with Gasteiger partial charge in [0.25, 0.3) is 5.91 Å². The SMILES string of the molecule is Cc1ccoc1C(=O)n1ccccc1=NC(C)C. The Hall–Kier alpha value is -2.10. The average Bonchev–Trinajstić information content (AvgIpc) is 2.74. The number of rotatable bonds is 2. The fraction of sp³-hybridized carbons (Fsp3) is 0.286. The lowest BCUT2D eigenvalue weighted by Gasteiger charge is -2.05. The zero-order chi connectivity index (χ0) is 13.1. The number of carbonyl (C=O) groups is 1. The third kappa shape index (κ3) is 2.42. The molecule has 0 atom stereocenters. The fourth-order valence-corrected chi connectivity index (χ4v) is 1.68. The normalized spacial score (nSPS) is 12.1. The van der Waals surface area contributed by atoms with E-state index in [1.165, 1.54) is 10.8 Å². The van der Waals surface area contributed by atoms with Gasteiger partial charge in [-0.3, -0.25) is 14.4 Å². The Morgan fingerprint density at radius 2 is 2.11 bits per heavy atom. The second-order valence-corrected chi connectivity index (χ2v) is 4.39. The molecule has 0 spiro atoms. The average molecular weight is 244 g/mol. The second kappa shape index (κ2) is 5.04. The maximum absolute atomic E-state index is 12.3. The van der Waals surface area contributed by atoms with Crippen LogP contribution in [-0.4, -0.2) is 16.5 Å². The van der Waals surface area contributed by atoms with Crippen molar-refractivity contribution in [2.24, 2.45) is 4.99 Å². The highest BCUT2D eigenvalue weighted by molar-refractivity contribution is 5.94. The van der Waals surface area contributed by atoms with Gasteiger partial charge in [-0.15, -0.1) is 0 Å². The number of carbonyl (C=O) groups excluding carboxylic acids is 1. The molecule has 2 aromatic rings. The van der Waals surface area contributed by atoms with Crippen LogP contribution in [0.25, 0.3) is 0 Å². The minimum absolute atomic E-state index is 0.129. The monoisotopic (exact) mass is 244 g/mol. The molecule has 0 fully saturated rings. The summed E-state index contributed by atoms with van der Waals surface area (Å²) in [5.74, 6) is 0.156. The van der Waals surface area contributed by atoms with E-state index in [0.29, 0.717) is 11.2 Å². The lowest BCUT2D eigenvalue weighted by Crippen LogP contribution is -2.28. The molecule has 0 amide bonds. The van der Waals surface area contributed by atoms with Gasteiger partial charge in [0.15, 0.2) is 5.76 Å². The molecule has 0 bridgehead atoms. The summed E-state index contributed by atoms with van der Waals surface area (Å²) in [7, 11) is 0. The maximum atomic E-state index is 12.3. The summed E-state index contributed by atoms with van der Waals surface area (Å²) in [6, 6.07) is 7.38. The number of hydrogen-bond acceptors (Lipinski definition) is 3. The number of hydrogen-bond donors (Lipinski definition) is 0.